The number of rotatable bonds is 0. The summed E-state index contributed by atoms with van der Waals surface area (Å²) in [6.45, 7) is 9.74. The second-order valence-corrected chi connectivity index (χ2v) is 16.5. The van der Waals surface area contributed by atoms with Gasteiger partial charge in [-0.3, -0.25) is 14.3 Å². The number of anilines is 1. The fourth-order valence-corrected chi connectivity index (χ4v) is 9.29. The molecular formula is C37H50ClN3O5S. The van der Waals surface area contributed by atoms with E-state index in [1.807, 2.05) is 30.0 Å². The van der Waals surface area contributed by atoms with E-state index in [-0.39, 0.29) is 40.4 Å². The van der Waals surface area contributed by atoms with Crippen LogP contribution in [-0.4, -0.2) is 70.2 Å². The molecule has 0 radical (unpaired) electrons. The largest absolute Gasteiger partial charge is 0.490 e. The van der Waals surface area contributed by atoms with Crippen molar-refractivity contribution in [2.24, 2.45) is 17.8 Å². The zero-order valence-corrected chi connectivity index (χ0v) is 29.6. The predicted molar refractivity (Wildman–Crippen MR) is 187 cm³/mol. The number of aliphatic hydroxyl groups is 1. The summed E-state index contributed by atoms with van der Waals surface area (Å²) in [5.74, 6) is 1.52. The maximum atomic E-state index is 13.3. The normalized spacial score (nSPS) is 32.1. The van der Waals surface area contributed by atoms with E-state index in [0.29, 0.717) is 18.1 Å². The zero-order chi connectivity index (χ0) is 33.3. The van der Waals surface area contributed by atoms with E-state index in [4.69, 9.17) is 16.3 Å². The van der Waals surface area contributed by atoms with Crippen LogP contribution in [0.4, 0.5) is 5.69 Å². The Balaban J connectivity index is 0.000000491. The van der Waals surface area contributed by atoms with Gasteiger partial charge in [0, 0.05) is 49.1 Å². The van der Waals surface area contributed by atoms with Gasteiger partial charge in [-0.05, 0) is 118 Å². The Labute approximate surface area is 287 Å². The second-order valence-electron chi connectivity index (χ2n) is 14.6. The molecule has 1 saturated heterocycles. The first-order valence-corrected chi connectivity index (χ1v) is 19.1. The van der Waals surface area contributed by atoms with Crippen molar-refractivity contribution in [2.45, 2.75) is 95.3 Å². The van der Waals surface area contributed by atoms with Crippen LogP contribution in [0.3, 0.4) is 0 Å². The molecule has 7 rings (SSSR count). The monoisotopic (exact) mass is 683 g/mol. The number of aliphatic hydroxyl groups excluding tert-OH is 1. The fourth-order valence-electron chi connectivity index (χ4n) is 8.05. The number of ether oxygens (including phenoxy) is 1. The quantitative estimate of drug-likeness (QED) is 0.352. The minimum Gasteiger partial charge on any atom is -0.490 e. The smallest absolute Gasteiger partial charge is 0.263 e. The molecule has 2 aliphatic carbocycles. The third kappa shape index (κ3) is 7.37. The summed E-state index contributed by atoms with van der Waals surface area (Å²) in [6, 6.07) is 11.9. The molecule has 2 amide bonds. The number of fused-ring (bicyclic) bond motifs is 4. The molecule has 2 bridgehead atoms. The minimum absolute atomic E-state index is 0.175. The molecule has 2 aromatic rings. The molecule has 6 unspecified atom stereocenters. The van der Waals surface area contributed by atoms with Gasteiger partial charge in [0.05, 0.1) is 23.6 Å². The van der Waals surface area contributed by atoms with E-state index in [1.54, 1.807) is 13.0 Å². The number of hydrogen-bond acceptors (Lipinski definition) is 6. The Hall–Kier alpha value is -2.62. The maximum Gasteiger partial charge on any atom is 0.263 e. The number of nitrogens with zero attached hydrogens (tertiary/aromatic N) is 2. The van der Waals surface area contributed by atoms with E-state index >= 15 is 0 Å². The van der Waals surface area contributed by atoms with Crippen LogP contribution < -0.4 is 14.4 Å². The van der Waals surface area contributed by atoms with Crippen molar-refractivity contribution in [1.29, 1.82) is 0 Å². The lowest BCUT2D eigenvalue weighted by molar-refractivity contribution is -0.132. The van der Waals surface area contributed by atoms with Crippen molar-refractivity contribution < 1.29 is 23.6 Å². The molecule has 7 atom stereocenters. The van der Waals surface area contributed by atoms with Crippen LogP contribution in [-0.2, 0) is 27.6 Å². The van der Waals surface area contributed by atoms with Crippen molar-refractivity contribution in [3.8, 4) is 5.75 Å². The van der Waals surface area contributed by atoms with Gasteiger partial charge in [-0.15, -0.1) is 0 Å². The number of benzene rings is 2. The van der Waals surface area contributed by atoms with Gasteiger partial charge in [0.1, 0.15) is 16.7 Å². The molecule has 1 spiro atoms. The number of carbonyl (C=O) groups is 2. The van der Waals surface area contributed by atoms with Gasteiger partial charge in [-0.25, -0.2) is 4.21 Å². The van der Waals surface area contributed by atoms with E-state index in [1.165, 1.54) is 17.5 Å². The predicted octanol–water partition coefficient (Wildman–Crippen LogP) is 6.04. The first kappa shape index (κ1) is 34.3. The summed E-state index contributed by atoms with van der Waals surface area (Å²) in [5, 5.41) is 11.8. The molecule has 5 aliphatic rings. The lowest BCUT2D eigenvalue weighted by Gasteiger charge is -2.46. The van der Waals surface area contributed by atoms with Crippen molar-refractivity contribution in [1.82, 2.24) is 9.62 Å². The Morgan fingerprint density at radius 1 is 1.06 bits per heavy atom. The molecular weight excluding hydrogens is 634 g/mol. The van der Waals surface area contributed by atoms with Crippen LogP contribution in [0.5, 0.6) is 5.75 Å². The number of nitrogens with one attached hydrogen (secondary N) is 1. The summed E-state index contributed by atoms with van der Waals surface area (Å²) in [7, 11) is -1.50. The number of hydrogen-bond donors (Lipinski definition) is 2. The number of carbonyl (C=O) groups excluding carboxylic acids is 2. The number of aryl methyl sites for hydroxylation is 1. The van der Waals surface area contributed by atoms with Gasteiger partial charge in [-0.1, -0.05) is 31.0 Å². The first-order valence-electron chi connectivity index (χ1n) is 17.5. The topological polar surface area (TPSA) is 99.2 Å². The Bertz CT molecular complexity index is 1500. The van der Waals surface area contributed by atoms with Gasteiger partial charge in [0.25, 0.3) is 5.91 Å². The van der Waals surface area contributed by atoms with Crippen molar-refractivity contribution in [3.05, 3.63) is 58.1 Å². The fraction of sp³-hybridized carbons (Fsp3) is 0.622. The Kier molecular flexibility index (Phi) is 10.5. The highest BCUT2D eigenvalue weighted by Crippen LogP contribution is 2.47. The standard InChI is InChI=1S/C32H41ClN2O4S.C5H9NO/c1-20-5-3-7-29(36)26-11-8-24(26)17-35-18-32(14-4-6-22-15-25(33)10-12-27(22)32)19-39-30-13-9-23(16-28(30)35)31(37)34-40(38)21(20)2;1-5(7)6-3-2-4-6/h9-10,12-13,15-16,20-21,24,26,29,36H,3-8,11,14,17-19H2,1-2H3,(H,34,37);2-4H2,1H3/t20?,21?,24?,26?,29?,32-,40?;/m0./s1. The van der Waals surface area contributed by atoms with Crippen molar-refractivity contribution >= 4 is 40.1 Å². The van der Waals surface area contributed by atoms with Crippen LogP contribution in [0.2, 0.25) is 5.02 Å². The highest BCUT2D eigenvalue weighted by molar-refractivity contribution is 7.84. The SMILES string of the molecule is CC(=O)N1CCC1.CC1CCCC(O)C2CCC2CN2C[C@@]3(CCCc4cc(Cl)ccc43)COc3ccc(cc32)C(=O)NS(=O)C1C. The van der Waals surface area contributed by atoms with E-state index in [0.717, 1.165) is 94.0 Å². The minimum atomic E-state index is -1.50. The average molecular weight is 684 g/mol. The second kappa shape index (κ2) is 14.5. The summed E-state index contributed by atoms with van der Waals surface area (Å²) >= 11 is 6.39. The van der Waals surface area contributed by atoms with Crippen LogP contribution in [0.1, 0.15) is 93.6 Å². The van der Waals surface area contributed by atoms with Gasteiger partial charge in [-0.2, -0.15) is 0 Å². The number of amides is 2. The summed E-state index contributed by atoms with van der Waals surface area (Å²) in [6.07, 6.45) is 8.66. The van der Waals surface area contributed by atoms with Gasteiger partial charge >= 0.3 is 0 Å². The lowest BCUT2D eigenvalue weighted by Crippen LogP contribution is -2.49. The molecule has 2 aromatic carbocycles. The Morgan fingerprint density at radius 2 is 1.87 bits per heavy atom. The van der Waals surface area contributed by atoms with E-state index in [9.17, 15) is 18.9 Å². The molecule has 256 valence electrons. The highest BCUT2D eigenvalue weighted by Gasteiger charge is 2.44. The molecule has 2 fully saturated rings. The average Bonchev–Trinajstić information content (AvgIpc) is 3.14. The Morgan fingerprint density at radius 3 is 2.55 bits per heavy atom. The molecule has 2 N–H and O–H groups in total. The molecule has 8 nitrogen and oxygen atoms in total. The van der Waals surface area contributed by atoms with Crippen LogP contribution in [0.25, 0.3) is 0 Å². The molecule has 3 aliphatic heterocycles. The van der Waals surface area contributed by atoms with Crippen molar-refractivity contribution in [3.63, 3.8) is 0 Å². The van der Waals surface area contributed by atoms with Crippen LogP contribution in [0, 0.1) is 17.8 Å². The van der Waals surface area contributed by atoms with E-state index < -0.39 is 11.0 Å². The third-order valence-electron chi connectivity index (χ3n) is 11.5. The summed E-state index contributed by atoms with van der Waals surface area (Å²) in [4.78, 5) is 27.9. The number of halogens is 1. The van der Waals surface area contributed by atoms with Crippen LogP contribution >= 0.6 is 11.6 Å². The molecule has 47 heavy (non-hydrogen) atoms. The summed E-state index contributed by atoms with van der Waals surface area (Å²) in [5.41, 5.74) is 3.82. The molecule has 10 heteroatoms. The zero-order valence-electron chi connectivity index (χ0n) is 28.0. The lowest BCUT2D eigenvalue weighted by atomic mass is 9.68. The summed E-state index contributed by atoms with van der Waals surface area (Å²) < 4.78 is 22.4. The third-order valence-corrected chi connectivity index (χ3v) is 13.3. The van der Waals surface area contributed by atoms with Crippen LogP contribution in [0.15, 0.2) is 36.4 Å². The molecule has 0 aromatic heterocycles. The van der Waals surface area contributed by atoms with Crippen molar-refractivity contribution in [2.75, 3.05) is 37.7 Å². The maximum absolute atomic E-state index is 13.3. The first-order chi connectivity index (χ1) is 22.5. The van der Waals surface area contributed by atoms with Gasteiger partial charge in [0.2, 0.25) is 5.91 Å². The number of likely N-dealkylation sites (tertiary alicyclic amines) is 1. The molecule has 1 saturated carbocycles. The highest BCUT2D eigenvalue weighted by atomic mass is 35.5. The molecule has 3 heterocycles. The van der Waals surface area contributed by atoms with E-state index in [2.05, 4.69) is 28.7 Å². The van der Waals surface area contributed by atoms with Gasteiger partial charge in [0.15, 0.2) is 0 Å². The van der Waals surface area contributed by atoms with Gasteiger partial charge < -0.3 is 19.6 Å².